The van der Waals surface area contributed by atoms with E-state index in [0.29, 0.717) is 12.5 Å². The van der Waals surface area contributed by atoms with Crippen molar-refractivity contribution in [3.05, 3.63) is 42.5 Å². The predicted octanol–water partition coefficient (Wildman–Crippen LogP) is 4.00. The van der Waals surface area contributed by atoms with E-state index in [9.17, 15) is 9.59 Å². The van der Waals surface area contributed by atoms with Gasteiger partial charge >= 0.3 is 0 Å². The summed E-state index contributed by atoms with van der Waals surface area (Å²) in [6.07, 6.45) is 11.9. The van der Waals surface area contributed by atoms with E-state index >= 15 is 0 Å². The monoisotopic (exact) mass is 352 g/mol. The van der Waals surface area contributed by atoms with Crippen LogP contribution in [0.25, 0.3) is 0 Å². The summed E-state index contributed by atoms with van der Waals surface area (Å²) in [5.41, 5.74) is 0.802. The molecule has 1 aliphatic heterocycles. The number of hydrogen-bond donors (Lipinski definition) is 1. The van der Waals surface area contributed by atoms with E-state index in [1.807, 2.05) is 30.3 Å². The Labute approximate surface area is 155 Å². The number of carbonyl (C=O) groups excluding carboxylic acids is 2. The lowest BCUT2D eigenvalue weighted by atomic mass is 9.70. The number of anilines is 1. The summed E-state index contributed by atoms with van der Waals surface area (Å²) < 4.78 is 0. The lowest BCUT2D eigenvalue weighted by Gasteiger charge is -2.45. The van der Waals surface area contributed by atoms with Crippen LogP contribution in [0.3, 0.4) is 0 Å². The number of amides is 2. The molecule has 3 aliphatic rings. The van der Waals surface area contributed by atoms with Crippen molar-refractivity contribution in [2.24, 2.45) is 17.8 Å². The van der Waals surface area contributed by atoms with Gasteiger partial charge in [-0.25, -0.2) is 0 Å². The first kappa shape index (κ1) is 17.3. The molecule has 2 fully saturated rings. The second-order valence-electron chi connectivity index (χ2n) is 7.93. The molecule has 138 valence electrons. The summed E-state index contributed by atoms with van der Waals surface area (Å²) in [5, 5.41) is 3.02. The van der Waals surface area contributed by atoms with Crippen LogP contribution in [0.1, 0.15) is 44.9 Å². The van der Waals surface area contributed by atoms with Gasteiger partial charge in [0.2, 0.25) is 11.8 Å². The number of nitrogens with zero attached hydrogens (tertiary/aromatic N) is 1. The van der Waals surface area contributed by atoms with Crippen molar-refractivity contribution in [3.63, 3.8) is 0 Å². The number of likely N-dealkylation sites (tertiary alicyclic amines) is 1. The normalized spacial score (nSPS) is 29.3. The molecule has 4 heteroatoms. The van der Waals surface area contributed by atoms with Crippen molar-refractivity contribution in [2.45, 2.75) is 51.0 Å². The maximum atomic E-state index is 13.3. The third kappa shape index (κ3) is 3.42. The minimum absolute atomic E-state index is 0.0191. The highest BCUT2D eigenvalue weighted by Crippen LogP contribution is 2.39. The van der Waals surface area contributed by atoms with E-state index < -0.39 is 0 Å². The Morgan fingerprint density at radius 2 is 1.81 bits per heavy atom. The van der Waals surface area contributed by atoms with E-state index in [1.54, 1.807) is 0 Å². The lowest BCUT2D eigenvalue weighted by molar-refractivity contribution is -0.149. The second kappa shape index (κ2) is 7.65. The average Bonchev–Trinajstić information content (AvgIpc) is 2.69. The highest BCUT2D eigenvalue weighted by Gasteiger charge is 2.46. The Hall–Kier alpha value is -2.10. The van der Waals surface area contributed by atoms with Crippen molar-refractivity contribution >= 4 is 17.5 Å². The summed E-state index contributed by atoms with van der Waals surface area (Å²) in [6, 6.07) is 9.93. The van der Waals surface area contributed by atoms with Crippen LogP contribution in [0.15, 0.2) is 42.5 Å². The number of para-hydroxylation sites is 1. The highest BCUT2D eigenvalue weighted by atomic mass is 16.2. The van der Waals surface area contributed by atoms with Crippen LogP contribution >= 0.6 is 0 Å². The van der Waals surface area contributed by atoms with Gasteiger partial charge in [-0.3, -0.25) is 9.59 Å². The quantitative estimate of drug-likeness (QED) is 0.836. The molecule has 26 heavy (non-hydrogen) atoms. The first-order chi connectivity index (χ1) is 12.7. The molecule has 0 unspecified atom stereocenters. The molecule has 2 amide bonds. The Morgan fingerprint density at radius 3 is 2.58 bits per heavy atom. The summed E-state index contributed by atoms with van der Waals surface area (Å²) in [7, 11) is 0. The maximum Gasteiger partial charge on any atom is 0.228 e. The fraction of sp³-hybridized carbons (Fsp3) is 0.545. The number of hydrogen-bond acceptors (Lipinski definition) is 2. The number of benzene rings is 1. The molecule has 4 rings (SSSR count). The molecule has 1 saturated carbocycles. The van der Waals surface area contributed by atoms with Crippen molar-refractivity contribution in [1.82, 2.24) is 4.90 Å². The van der Waals surface area contributed by atoms with Crippen LogP contribution < -0.4 is 5.32 Å². The van der Waals surface area contributed by atoms with Crippen LogP contribution in [-0.4, -0.2) is 29.3 Å². The third-order valence-electron chi connectivity index (χ3n) is 6.33. The van der Waals surface area contributed by atoms with Crippen molar-refractivity contribution < 1.29 is 9.59 Å². The first-order valence-corrected chi connectivity index (χ1v) is 10.1. The zero-order valence-corrected chi connectivity index (χ0v) is 15.3. The van der Waals surface area contributed by atoms with Crippen LogP contribution in [-0.2, 0) is 9.59 Å². The molecule has 3 atom stereocenters. The molecule has 0 spiro atoms. The minimum atomic E-state index is -0.260. The summed E-state index contributed by atoms with van der Waals surface area (Å²) >= 11 is 0. The molecular weight excluding hydrogens is 324 g/mol. The predicted molar refractivity (Wildman–Crippen MR) is 103 cm³/mol. The molecule has 1 aromatic rings. The Morgan fingerprint density at radius 1 is 1.04 bits per heavy atom. The molecule has 4 nitrogen and oxygen atoms in total. The van der Waals surface area contributed by atoms with E-state index in [1.165, 1.54) is 19.3 Å². The van der Waals surface area contributed by atoms with Crippen LogP contribution in [0.5, 0.6) is 0 Å². The van der Waals surface area contributed by atoms with Gasteiger partial charge in [-0.1, -0.05) is 49.6 Å². The number of rotatable bonds is 3. The molecule has 0 radical (unpaired) electrons. The summed E-state index contributed by atoms with van der Waals surface area (Å²) in [6.45, 7) is 0.849. The lowest BCUT2D eigenvalue weighted by Crippen LogP contribution is -2.54. The molecule has 0 aromatic heterocycles. The van der Waals surface area contributed by atoms with Crippen LogP contribution in [0.4, 0.5) is 5.69 Å². The third-order valence-corrected chi connectivity index (χ3v) is 6.33. The average molecular weight is 352 g/mol. The molecule has 1 saturated heterocycles. The smallest absolute Gasteiger partial charge is 0.228 e. The van der Waals surface area contributed by atoms with Gasteiger partial charge in [-0.2, -0.15) is 0 Å². The number of fused-ring (bicyclic) bond motifs is 1. The number of carbonyl (C=O) groups is 2. The van der Waals surface area contributed by atoms with Crippen LogP contribution in [0, 0.1) is 17.8 Å². The number of piperidine rings is 1. The maximum absolute atomic E-state index is 13.3. The van der Waals surface area contributed by atoms with Crippen molar-refractivity contribution in [2.75, 3.05) is 11.9 Å². The Kier molecular flexibility index (Phi) is 5.09. The first-order valence-electron chi connectivity index (χ1n) is 10.1. The van der Waals surface area contributed by atoms with E-state index in [0.717, 1.165) is 31.5 Å². The van der Waals surface area contributed by atoms with Crippen molar-refractivity contribution in [3.8, 4) is 0 Å². The van der Waals surface area contributed by atoms with Gasteiger partial charge in [-0.15, -0.1) is 0 Å². The summed E-state index contributed by atoms with van der Waals surface area (Å²) in [4.78, 5) is 28.4. The fourth-order valence-corrected chi connectivity index (χ4v) is 4.97. The van der Waals surface area contributed by atoms with E-state index in [2.05, 4.69) is 22.4 Å². The van der Waals surface area contributed by atoms with Crippen LogP contribution in [0.2, 0.25) is 0 Å². The molecule has 1 N–H and O–H groups in total. The van der Waals surface area contributed by atoms with Gasteiger partial charge < -0.3 is 10.2 Å². The zero-order chi connectivity index (χ0) is 17.9. The van der Waals surface area contributed by atoms with Gasteiger partial charge in [0.05, 0.1) is 11.8 Å². The Bertz CT molecular complexity index is 679. The zero-order valence-electron chi connectivity index (χ0n) is 15.3. The van der Waals surface area contributed by atoms with Gasteiger partial charge in [0.1, 0.15) is 0 Å². The second-order valence-corrected chi connectivity index (χ2v) is 7.93. The standard InChI is InChI=1S/C22H28N2O2/c25-21(23-17-9-3-1-4-10-17)19-13-7-8-16-14-15-24(22(26)20(16)19)18-11-5-2-6-12-18/h1,3-4,7-10,16,18-20H,2,5-6,11-15H2,(H,23,25)/t16-,19-,20+/m0/s1. The van der Waals surface area contributed by atoms with E-state index in [-0.39, 0.29) is 29.6 Å². The molecule has 1 heterocycles. The molecular formula is C22H28N2O2. The topological polar surface area (TPSA) is 49.4 Å². The number of nitrogens with one attached hydrogen (secondary N) is 1. The molecule has 1 aromatic carbocycles. The van der Waals surface area contributed by atoms with Crippen molar-refractivity contribution in [1.29, 1.82) is 0 Å². The SMILES string of the molecule is O=C(Nc1ccccc1)[C@H]1CC=C[C@H]2CCN(C3CCCCC3)C(=O)[C@@H]12. The fourth-order valence-electron chi connectivity index (χ4n) is 4.97. The molecule has 0 bridgehead atoms. The Balaban J connectivity index is 1.51. The van der Waals surface area contributed by atoms with Gasteiger partial charge in [0.15, 0.2) is 0 Å². The van der Waals surface area contributed by atoms with E-state index in [4.69, 9.17) is 0 Å². The minimum Gasteiger partial charge on any atom is -0.339 e. The number of allylic oxidation sites excluding steroid dienone is 2. The summed E-state index contributed by atoms with van der Waals surface area (Å²) in [5.74, 6) is -0.0498. The van der Waals surface area contributed by atoms with Gasteiger partial charge in [-0.05, 0) is 43.7 Å². The van der Waals surface area contributed by atoms with Gasteiger partial charge in [0, 0.05) is 18.3 Å². The largest absolute Gasteiger partial charge is 0.339 e. The highest BCUT2D eigenvalue weighted by molar-refractivity contribution is 5.96. The van der Waals surface area contributed by atoms with Gasteiger partial charge in [0.25, 0.3) is 0 Å². The molecule has 2 aliphatic carbocycles.